The van der Waals surface area contributed by atoms with Crippen LogP contribution < -0.4 is 4.90 Å². The van der Waals surface area contributed by atoms with Crippen molar-refractivity contribution in [1.29, 1.82) is 0 Å². The third-order valence-corrected chi connectivity index (χ3v) is 10.1. The molecule has 234 valence electrons. The van der Waals surface area contributed by atoms with Crippen LogP contribution in [-0.2, 0) is 0 Å². The van der Waals surface area contributed by atoms with Crippen molar-refractivity contribution in [2.45, 2.75) is 0 Å². The van der Waals surface area contributed by atoms with Gasteiger partial charge in [-0.05, 0) is 74.1 Å². The lowest BCUT2D eigenvalue weighted by Crippen LogP contribution is -2.11. The molecular formula is C48H31NO. The minimum atomic E-state index is 0.873. The van der Waals surface area contributed by atoms with Crippen molar-refractivity contribution in [2.75, 3.05) is 4.90 Å². The number of rotatable bonds is 5. The van der Waals surface area contributed by atoms with Gasteiger partial charge in [0.15, 0.2) is 0 Å². The van der Waals surface area contributed by atoms with Gasteiger partial charge in [0.1, 0.15) is 11.2 Å². The van der Waals surface area contributed by atoms with Gasteiger partial charge in [-0.15, -0.1) is 0 Å². The maximum atomic E-state index is 6.45. The normalized spacial score (nSPS) is 11.6. The molecule has 2 heteroatoms. The van der Waals surface area contributed by atoms with E-state index in [0.717, 1.165) is 39.0 Å². The molecule has 1 heterocycles. The van der Waals surface area contributed by atoms with Crippen molar-refractivity contribution in [1.82, 2.24) is 0 Å². The molecule has 0 aliphatic heterocycles. The van der Waals surface area contributed by atoms with Crippen molar-refractivity contribution in [2.24, 2.45) is 0 Å². The third-order valence-electron chi connectivity index (χ3n) is 10.1. The average Bonchev–Trinajstić information content (AvgIpc) is 3.56. The standard InChI is InChI=1S/C48H31NO/c1-2-12-32(13-3-1)33-22-24-34(25-23-33)38-28-29-45(41-18-8-6-17-40(38)41)49(36-26-27-44-43-20-10-11-21-47(43)50-48(44)31-36)46-30-35-14-4-5-15-37(35)39-16-7-9-19-42(39)46/h1-31H. The van der Waals surface area contributed by atoms with Gasteiger partial charge in [-0.25, -0.2) is 0 Å². The second-order valence-corrected chi connectivity index (χ2v) is 12.9. The highest BCUT2D eigenvalue weighted by Crippen LogP contribution is 2.47. The molecule has 0 saturated carbocycles. The Labute approximate surface area is 290 Å². The van der Waals surface area contributed by atoms with Crippen LogP contribution in [0.5, 0.6) is 0 Å². The quantitative estimate of drug-likeness (QED) is 0.175. The Hall–Kier alpha value is -6.64. The van der Waals surface area contributed by atoms with E-state index in [1.165, 1.54) is 54.6 Å². The van der Waals surface area contributed by atoms with Crippen molar-refractivity contribution >= 4 is 71.3 Å². The molecule has 0 saturated heterocycles. The first-order valence-corrected chi connectivity index (χ1v) is 17.1. The number of nitrogens with zero attached hydrogens (tertiary/aromatic N) is 1. The average molecular weight is 638 g/mol. The monoisotopic (exact) mass is 637 g/mol. The molecule has 0 bridgehead atoms. The van der Waals surface area contributed by atoms with Gasteiger partial charge in [0.25, 0.3) is 0 Å². The smallest absolute Gasteiger partial charge is 0.137 e. The van der Waals surface area contributed by atoms with E-state index in [9.17, 15) is 0 Å². The molecule has 9 aromatic carbocycles. The van der Waals surface area contributed by atoms with Crippen molar-refractivity contribution < 1.29 is 4.42 Å². The lowest BCUT2D eigenvalue weighted by Gasteiger charge is -2.29. The molecule has 50 heavy (non-hydrogen) atoms. The molecule has 1 aromatic heterocycles. The van der Waals surface area contributed by atoms with E-state index in [1.807, 2.05) is 12.1 Å². The molecule has 10 rings (SSSR count). The Bertz CT molecular complexity index is 2870. The minimum absolute atomic E-state index is 0.873. The van der Waals surface area contributed by atoms with E-state index in [0.29, 0.717) is 0 Å². The highest BCUT2D eigenvalue weighted by molar-refractivity contribution is 6.17. The Morgan fingerprint density at radius 3 is 1.70 bits per heavy atom. The first kappa shape index (κ1) is 28.4. The van der Waals surface area contributed by atoms with Crippen molar-refractivity contribution in [3.05, 3.63) is 188 Å². The molecule has 0 spiro atoms. The van der Waals surface area contributed by atoms with E-state index < -0.39 is 0 Å². The van der Waals surface area contributed by atoms with Crippen molar-refractivity contribution in [3.8, 4) is 22.3 Å². The summed E-state index contributed by atoms with van der Waals surface area (Å²) in [4.78, 5) is 2.42. The second kappa shape index (κ2) is 11.5. The first-order chi connectivity index (χ1) is 24.8. The number of hydrogen-bond donors (Lipinski definition) is 0. The van der Waals surface area contributed by atoms with Crippen LogP contribution in [0.25, 0.3) is 76.5 Å². The van der Waals surface area contributed by atoms with Gasteiger partial charge in [0.05, 0.1) is 11.4 Å². The summed E-state index contributed by atoms with van der Waals surface area (Å²) in [6, 6.07) is 67.6. The van der Waals surface area contributed by atoms with E-state index in [-0.39, 0.29) is 0 Å². The zero-order valence-electron chi connectivity index (χ0n) is 27.3. The lowest BCUT2D eigenvalue weighted by molar-refractivity contribution is 0.669. The van der Waals surface area contributed by atoms with E-state index >= 15 is 0 Å². The van der Waals surface area contributed by atoms with Gasteiger partial charge in [0.2, 0.25) is 0 Å². The summed E-state index contributed by atoms with van der Waals surface area (Å²) in [6.45, 7) is 0. The van der Waals surface area contributed by atoms with E-state index in [2.05, 4.69) is 181 Å². The summed E-state index contributed by atoms with van der Waals surface area (Å²) < 4.78 is 6.45. The fraction of sp³-hybridized carbons (Fsp3) is 0. The van der Waals surface area contributed by atoms with Crippen molar-refractivity contribution in [3.63, 3.8) is 0 Å². The summed E-state index contributed by atoms with van der Waals surface area (Å²) >= 11 is 0. The molecule has 2 nitrogen and oxygen atoms in total. The minimum Gasteiger partial charge on any atom is -0.456 e. The lowest BCUT2D eigenvalue weighted by atomic mass is 9.94. The molecule has 0 aliphatic rings. The number of fused-ring (bicyclic) bond motifs is 7. The molecule has 0 unspecified atom stereocenters. The zero-order valence-corrected chi connectivity index (χ0v) is 27.3. The maximum Gasteiger partial charge on any atom is 0.137 e. The molecular weight excluding hydrogens is 607 g/mol. The number of anilines is 3. The molecule has 0 N–H and O–H groups in total. The molecule has 10 aromatic rings. The van der Waals surface area contributed by atoms with Gasteiger partial charge < -0.3 is 9.32 Å². The van der Waals surface area contributed by atoms with E-state index in [4.69, 9.17) is 4.42 Å². The zero-order chi connectivity index (χ0) is 33.0. The van der Waals surface area contributed by atoms with Crippen LogP contribution in [0.3, 0.4) is 0 Å². The fourth-order valence-electron chi connectivity index (χ4n) is 7.68. The Morgan fingerprint density at radius 2 is 0.900 bits per heavy atom. The Morgan fingerprint density at radius 1 is 0.320 bits per heavy atom. The summed E-state index contributed by atoms with van der Waals surface area (Å²) in [5.74, 6) is 0. The van der Waals surface area contributed by atoms with E-state index in [1.54, 1.807) is 0 Å². The molecule has 0 radical (unpaired) electrons. The van der Waals surface area contributed by atoms with Crippen LogP contribution in [-0.4, -0.2) is 0 Å². The van der Waals surface area contributed by atoms with Crippen LogP contribution in [0.4, 0.5) is 17.1 Å². The summed E-state index contributed by atoms with van der Waals surface area (Å²) in [5, 5.41) is 9.51. The Kier molecular flexibility index (Phi) is 6.53. The van der Waals surface area contributed by atoms with Gasteiger partial charge in [-0.3, -0.25) is 0 Å². The first-order valence-electron chi connectivity index (χ1n) is 17.1. The molecule has 0 amide bonds. The second-order valence-electron chi connectivity index (χ2n) is 12.9. The topological polar surface area (TPSA) is 16.4 Å². The number of para-hydroxylation sites is 1. The number of furan rings is 1. The highest BCUT2D eigenvalue weighted by Gasteiger charge is 2.21. The maximum absolute atomic E-state index is 6.45. The van der Waals surface area contributed by atoms with Gasteiger partial charge in [0, 0.05) is 33.3 Å². The predicted molar refractivity (Wildman–Crippen MR) is 212 cm³/mol. The van der Waals surface area contributed by atoms with Crippen LogP contribution in [0.15, 0.2) is 192 Å². The molecule has 0 fully saturated rings. The van der Waals surface area contributed by atoms with Crippen LogP contribution >= 0.6 is 0 Å². The van der Waals surface area contributed by atoms with Crippen LogP contribution in [0.2, 0.25) is 0 Å². The van der Waals surface area contributed by atoms with Crippen LogP contribution in [0, 0.1) is 0 Å². The van der Waals surface area contributed by atoms with Gasteiger partial charge in [-0.1, -0.05) is 152 Å². The van der Waals surface area contributed by atoms with Crippen LogP contribution in [0.1, 0.15) is 0 Å². The summed E-state index contributed by atoms with van der Waals surface area (Å²) in [6.07, 6.45) is 0. The number of benzene rings is 9. The third kappa shape index (κ3) is 4.57. The highest BCUT2D eigenvalue weighted by atomic mass is 16.3. The van der Waals surface area contributed by atoms with Gasteiger partial charge in [-0.2, -0.15) is 0 Å². The Balaban J connectivity index is 1.22. The largest absolute Gasteiger partial charge is 0.456 e. The fourth-order valence-corrected chi connectivity index (χ4v) is 7.68. The summed E-state index contributed by atoms with van der Waals surface area (Å²) in [7, 11) is 0. The predicted octanol–water partition coefficient (Wildman–Crippen LogP) is 13.8. The SMILES string of the molecule is c1ccc(-c2ccc(-c3ccc(N(c4ccc5c(c4)oc4ccccc45)c4cc5ccccc5c5ccccc45)c4ccccc34)cc2)cc1. The molecule has 0 atom stereocenters. The number of hydrogen-bond acceptors (Lipinski definition) is 2. The van der Waals surface area contributed by atoms with Gasteiger partial charge >= 0.3 is 0 Å². The summed E-state index contributed by atoms with van der Waals surface area (Å²) in [5.41, 5.74) is 9.89. The molecule has 0 aliphatic carbocycles.